The van der Waals surface area contributed by atoms with E-state index in [9.17, 15) is 14.4 Å². The Bertz CT molecular complexity index is 727. The average molecular weight is 425 g/mol. The molecule has 0 spiro atoms. The molecular formula is C17H19BrN3O3S+. The molecule has 2 saturated heterocycles. The van der Waals surface area contributed by atoms with E-state index < -0.39 is 5.91 Å². The average Bonchev–Trinajstić information content (AvgIpc) is 2.85. The number of benzene rings is 1. The minimum atomic E-state index is -0.397. The smallest absolute Gasteiger partial charge is 0.294 e. The summed E-state index contributed by atoms with van der Waals surface area (Å²) in [7, 11) is 2.09. The van der Waals surface area contributed by atoms with Crippen LogP contribution < -0.4 is 4.90 Å². The van der Waals surface area contributed by atoms with Crippen LogP contribution in [0.4, 0.5) is 4.79 Å². The Morgan fingerprint density at radius 3 is 2.52 bits per heavy atom. The van der Waals surface area contributed by atoms with Crippen molar-refractivity contribution in [2.45, 2.75) is 0 Å². The molecule has 132 valence electrons. The number of nitrogens with one attached hydrogen (secondary N) is 1. The Labute approximate surface area is 158 Å². The molecule has 0 radical (unpaired) electrons. The third-order valence-electron chi connectivity index (χ3n) is 4.30. The lowest BCUT2D eigenvalue weighted by Crippen LogP contribution is -3.12. The highest BCUT2D eigenvalue weighted by molar-refractivity contribution is 9.10. The summed E-state index contributed by atoms with van der Waals surface area (Å²) in [5, 5.41) is -0.388. The van der Waals surface area contributed by atoms with Gasteiger partial charge < -0.3 is 9.80 Å². The van der Waals surface area contributed by atoms with Gasteiger partial charge >= 0.3 is 0 Å². The van der Waals surface area contributed by atoms with Crippen molar-refractivity contribution in [2.24, 2.45) is 0 Å². The van der Waals surface area contributed by atoms with Crippen molar-refractivity contribution >= 4 is 50.8 Å². The molecule has 0 aromatic heterocycles. The van der Waals surface area contributed by atoms with Crippen LogP contribution in [0.3, 0.4) is 0 Å². The highest BCUT2D eigenvalue weighted by atomic mass is 79.9. The monoisotopic (exact) mass is 424 g/mol. The zero-order chi connectivity index (χ0) is 18.0. The third-order valence-corrected chi connectivity index (χ3v) is 5.74. The first kappa shape index (κ1) is 18.2. The van der Waals surface area contributed by atoms with E-state index in [1.54, 1.807) is 11.0 Å². The van der Waals surface area contributed by atoms with Crippen molar-refractivity contribution in [1.82, 2.24) is 9.80 Å². The molecule has 0 aliphatic carbocycles. The number of rotatable bonds is 3. The molecule has 25 heavy (non-hydrogen) atoms. The standard InChI is InChI=1S/C17H18BrN3O3S/c1-19-6-8-20(9-7-19)15(22)11-21-16(23)14(25-17(21)24)10-12-2-4-13(18)5-3-12/h2-5,10H,6-9,11H2,1H3/p+1. The molecule has 2 heterocycles. The van der Waals surface area contributed by atoms with Crippen molar-refractivity contribution in [3.63, 3.8) is 0 Å². The molecule has 6 nitrogen and oxygen atoms in total. The quantitative estimate of drug-likeness (QED) is 0.730. The van der Waals surface area contributed by atoms with E-state index in [-0.39, 0.29) is 17.7 Å². The SMILES string of the molecule is C[NH+]1CCN(C(=O)CN2C(=O)SC(=Cc3ccc(Br)cc3)C2=O)CC1. The highest BCUT2D eigenvalue weighted by Crippen LogP contribution is 2.32. The zero-order valence-corrected chi connectivity index (χ0v) is 16.2. The lowest BCUT2D eigenvalue weighted by atomic mass is 10.2. The maximum atomic E-state index is 12.5. The largest absolute Gasteiger partial charge is 0.334 e. The van der Waals surface area contributed by atoms with Crippen LogP contribution in [0.2, 0.25) is 0 Å². The second-order valence-electron chi connectivity index (χ2n) is 6.16. The van der Waals surface area contributed by atoms with Gasteiger partial charge in [-0.25, -0.2) is 0 Å². The molecular weight excluding hydrogens is 406 g/mol. The molecule has 3 rings (SSSR count). The molecule has 0 saturated carbocycles. The van der Waals surface area contributed by atoms with Crippen LogP contribution in [0.5, 0.6) is 0 Å². The summed E-state index contributed by atoms with van der Waals surface area (Å²) in [4.78, 5) is 41.5. The van der Waals surface area contributed by atoms with Crippen LogP contribution >= 0.6 is 27.7 Å². The number of thioether (sulfide) groups is 1. The summed E-state index contributed by atoms with van der Waals surface area (Å²) in [6, 6.07) is 7.45. The van der Waals surface area contributed by atoms with Gasteiger partial charge in [0.15, 0.2) is 0 Å². The van der Waals surface area contributed by atoms with Crippen LogP contribution in [0.1, 0.15) is 5.56 Å². The van der Waals surface area contributed by atoms with Gasteiger partial charge in [0.25, 0.3) is 11.1 Å². The van der Waals surface area contributed by atoms with Crippen LogP contribution in [0.15, 0.2) is 33.6 Å². The summed E-state index contributed by atoms with van der Waals surface area (Å²) in [6.07, 6.45) is 1.68. The van der Waals surface area contributed by atoms with Crippen molar-refractivity contribution in [1.29, 1.82) is 0 Å². The number of piperazine rings is 1. The Morgan fingerprint density at radius 1 is 1.24 bits per heavy atom. The molecule has 8 heteroatoms. The maximum absolute atomic E-state index is 12.5. The van der Waals surface area contributed by atoms with Crippen LogP contribution in [0, 0.1) is 0 Å². The number of nitrogens with zero attached hydrogens (tertiary/aromatic N) is 2. The van der Waals surface area contributed by atoms with Crippen LogP contribution in [-0.4, -0.2) is 66.6 Å². The summed E-state index contributed by atoms with van der Waals surface area (Å²) in [6.45, 7) is 2.92. The molecule has 1 aromatic rings. The fourth-order valence-electron chi connectivity index (χ4n) is 2.72. The molecule has 0 unspecified atom stereocenters. The van der Waals surface area contributed by atoms with Crippen molar-refractivity contribution in [2.75, 3.05) is 39.8 Å². The molecule has 3 amide bonds. The van der Waals surface area contributed by atoms with Gasteiger partial charge in [0.2, 0.25) is 5.91 Å². The van der Waals surface area contributed by atoms with E-state index in [1.165, 1.54) is 4.90 Å². The minimum absolute atomic E-state index is 0.167. The first-order valence-electron chi connectivity index (χ1n) is 8.04. The van der Waals surface area contributed by atoms with Gasteiger partial charge in [0.1, 0.15) is 6.54 Å². The number of hydrogen-bond acceptors (Lipinski definition) is 4. The Balaban J connectivity index is 1.67. The maximum Gasteiger partial charge on any atom is 0.294 e. The molecule has 0 bridgehead atoms. The van der Waals surface area contributed by atoms with E-state index in [1.807, 2.05) is 24.3 Å². The van der Waals surface area contributed by atoms with E-state index in [4.69, 9.17) is 0 Å². The highest BCUT2D eigenvalue weighted by Gasteiger charge is 2.37. The Kier molecular flexibility index (Phi) is 5.61. The predicted molar refractivity (Wildman–Crippen MR) is 100 cm³/mol. The minimum Gasteiger partial charge on any atom is -0.334 e. The number of hydrogen-bond donors (Lipinski definition) is 1. The molecule has 2 aliphatic rings. The van der Waals surface area contributed by atoms with Crippen molar-refractivity contribution in [3.05, 3.63) is 39.2 Å². The first-order valence-corrected chi connectivity index (χ1v) is 9.65. The summed E-state index contributed by atoms with van der Waals surface area (Å²) in [5.74, 6) is -0.564. The Morgan fingerprint density at radius 2 is 1.88 bits per heavy atom. The fraction of sp³-hybridized carbons (Fsp3) is 0.353. The summed E-state index contributed by atoms with van der Waals surface area (Å²) < 4.78 is 0.942. The number of imide groups is 1. The Hall–Kier alpha value is -1.64. The number of carbonyl (C=O) groups is 3. The predicted octanol–water partition coefficient (Wildman–Crippen LogP) is 0.842. The number of carbonyl (C=O) groups excluding carboxylic acids is 3. The zero-order valence-electron chi connectivity index (χ0n) is 13.8. The molecule has 2 aliphatic heterocycles. The van der Waals surface area contributed by atoms with Gasteiger partial charge in [-0.2, -0.15) is 0 Å². The lowest BCUT2D eigenvalue weighted by Gasteiger charge is -2.30. The number of quaternary nitrogens is 1. The van der Waals surface area contributed by atoms with Crippen LogP contribution in [-0.2, 0) is 9.59 Å². The normalized spacial score (nSPS) is 20.6. The summed E-state index contributed by atoms with van der Waals surface area (Å²) >= 11 is 4.24. The van der Waals surface area contributed by atoms with Gasteiger partial charge in [-0.15, -0.1) is 0 Å². The van der Waals surface area contributed by atoms with Crippen molar-refractivity contribution in [3.8, 4) is 0 Å². The topological polar surface area (TPSA) is 62.1 Å². The molecule has 2 fully saturated rings. The van der Waals surface area contributed by atoms with E-state index in [2.05, 4.69) is 23.0 Å². The van der Waals surface area contributed by atoms with Gasteiger partial charge in [-0.05, 0) is 35.5 Å². The van der Waals surface area contributed by atoms with Gasteiger partial charge in [-0.1, -0.05) is 28.1 Å². The second kappa shape index (κ2) is 7.72. The van der Waals surface area contributed by atoms with Gasteiger partial charge in [0.05, 0.1) is 38.1 Å². The van der Waals surface area contributed by atoms with Crippen molar-refractivity contribution < 1.29 is 19.3 Å². The molecule has 1 aromatic carbocycles. The first-order chi connectivity index (χ1) is 11.9. The van der Waals surface area contributed by atoms with Gasteiger partial charge in [-0.3, -0.25) is 19.3 Å². The second-order valence-corrected chi connectivity index (χ2v) is 8.07. The van der Waals surface area contributed by atoms with E-state index in [0.29, 0.717) is 18.0 Å². The van der Waals surface area contributed by atoms with E-state index in [0.717, 1.165) is 39.8 Å². The number of halogens is 1. The molecule has 0 atom stereocenters. The number of likely N-dealkylation sites (N-methyl/N-ethyl adjacent to an activating group) is 1. The lowest BCUT2D eigenvalue weighted by molar-refractivity contribution is -0.883. The van der Waals surface area contributed by atoms with E-state index >= 15 is 0 Å². The number of amides is 3. The van der Waals surface area contributed by atoms with Gasteiger partial charge in [0, 0.05) is 4.47 Å². The summed E-state index contributed by atoms with van der Waals surface area (Å²) in [5.41, 5.74) is 0.835. The molecule has 1 N–H and O–H groups in total. The fourth-order valence-corrected chi connectivity index (χ4v) is 3.82. The third kappa shape index (κ3) is 4.31. The van der Waals surface area contributed by atoms with Crippen LogP contribution in [0.25, 0.3) is 6.08 Å².